The van der Waals surface area contributed by atoms with E-state index in [1.54, 1.807) is 19.1 Å². The van der Waals surface area contributed by atoms with Crippen LogP contribution in [0.2, 0.25) is 0 Å². The zero-order chi connectivity index (χ0) is 17.8. The fourth-order valence-electron chi connectivity index (χ4n) is 2.90. The number of ether oxygens (including phenoxy) is 1. The van der Waals surface area contributed by atoms with Crippen molar-refractivity contribution in [3.63, 3.8) is 0 Å². The highest BCUT2D eigenvalue weighted by molar-refractivity contribution is 5.94. The Morgan fingerprint density at radius 1 is 1.36 bits per heavy atom. The number of hydrogen-bond donors (Lipinski definition) is 1. The first kappa shape index (κ1) is 17.6. The van der Waals surface area contributed by atoms with Gasteiger partial charge in [0, 0.05) is 19.7 Å². The van der Waals surface area contributed by atoms with Crippen LogP contribution < -0.4 is 5.32 Å². The lowest BCUT2D eigenvalue weighted by atomic mass is 9.99. The zero-order valence-electron chi connectivity index (χ0n) is 14.9. The fourth-order valence-corrected chi connectivity index (χ4v) is 2.90. The second-order valence-corrected chi connectivity index (χ2v) is 6.32. The molecule has 25 heavy (non-hydrogen) atoms. The summed E-state index contributed by atoms with van der Waals surface area (Å²) in [5.41, 5.74) is 3.26. The molecular formula is C18H24N4O3. The minimum Gasteiger partial charge on any atom is -0.374 e. The number of nitrogens with one attached hydrogen (secondary N) is 1. The molecule has 2 aromatic rings. The summed E-state index contributed by atoms with van der Waals surface area (Å²) in [4.78, 5) is 18.6. The van der Waals surface area contributed by atoms with E-state index < -0.39 is 0 Å². The summed E-state index contributed by atoms with van der Waals surface area (Å²) < 4.78 is 10.4. The van der Waals surface area contributed by atoms with E-state index in [0.717, 1.165) is 25.9 Å². The van der Waals surface area contributed by atoms with Crippen LogP contribution in [0.5, 0.6) is 0 Å². The largest absolute Gasteiger partial charge is 0.374 e. The number of methoxy groups -OCH3 is 1. The molecule has 0 bridgehead atoms. The summed E-state index contributed by atoms with van der Waals surface area (Å²) in [5.74, 6) is 0.823. The minimum absolute atomic E-state index is 0.0560. The third-order valence-corrected chi connectivity index (χ3v) is 4.52. The molecule has 0 fully saturated rings. The normalized spacial score (nSPS) is 15.3. The van der Waals surface area contributed by atoms with Crippen molar-refractivity contribution in [1.82, 2.24) is 20.4 Å². The van der Waals surface area contributed by atoms with Gasteiger partial charge in [-0.25, -0.2) is 0 Å². The van der Waals surface area contributed by atoms with Gasteiger partial charge in [-0.05, 0) is 56.1 Å². The Morgan fingerprint density at radius 3 is 2.88 bits per heavy atom. The summed E-state index contributed by atoms with van der Waals surface area (Å²) in [6.07, 6.45) is 1.71. The van der Waals surface area contributed by atoms with Gasteiger partial charge < -0.3 is 19.5 Å². The molecule has 1 amide bonds. The van der Waals surface area contributed by atoms with Crippen LogP contribution in [0.1, 0.15) is 46.2 Å². The van der Waals surface area contributed by atoms with Crippen LogP contribution in [0.15, 0.2) is 22.7 Å². The molecule has 1 aromatic carbocycles. The number of benzene rings is 1. The molecule has 0 unspecified atom stereocenters. The Bertz CT molecular complexity index is 744. The predicted molar refractivity (Wildman–Crippen MR) is 92.2 cm³/mol. The SMILES string of the molecule is CO[C@@H](C)c1noc(CN(C)C(=O)c2ccc3c(c2)CCNCC3)n1. The Labute approximate surface area is 147 Å². The number of carbonyl (C=O) groups is 1. The Balaban J connectivity index is 1.70. The third kappa shape index (κ3) is 4.05. The Kier molecular flexibility index (Phi) is 5.45. The average molecular weight is 344 g/mol. The molecular weight excluding hydrogens is 320 g/mol. The first-order valence-electron chi connectivity index (χ1n) is 8.51. The smallest absolute Gasteiger partial charge is 0.254 e. The first-order valence-corrected chi connectivity index (χ1v) is 8.51. The molecule has 7 heteroatoms. The molecule has 1 aliphatic rings. The van der Waals surface area contributed by atoms with Crippen molar-refractivity contribution in [3.8, 4) is 0 Å². The van der Waals surface area contributed by atoms with Crippen LogP contribution >= 0.6 is 0 Å². The summed E-state index contributed by atoms with van der Waals surface area (Å²) in [5, 5.41) is 7.27. The van der Waals surface area contributed by atoms with Crippen molar-refractivity contribution in [2.75, 3.05) is 27.2 Å². The first-order chi connectivity index (χ1) is 12.1. The van der Waals surface area contributed by atoms with Crippen molar-refractivity contribution in [3.05, 3.63) is 46.6 Å². The maximum atomic E-state index is 12.7. The predicted octanol–water partition coefficient (Wildman–Crippen LogP) is 1.74. The van der Waals surface area contributed by atoms with Gasteiger partial charge in [0.25, 0.3) is 5.91 Å². The van der Waals surface area contributed by atoms with E-state index in [9.17, 15) is 4.79 Å². The number of amides is 1. The topological polar surface area (TPSA) is 80.5 Å². The van der Waals surface area contributed by atoms with Crippen LogP contribution in [0.25, 0.3) is 0 Å². The fraction of sp³-hybridized carbons (Fsp3) is 0.500. The van der Waals surface area contributed by atoms with Crippen LogP contribution in [0.3, 0.4) is 0 Å². The lowest BCUT2D eigenvalue weighted by Crippen LogP contribution is -2.26. The number of fused-ring (bicyclic) bond motifs is 1. The van der Waals surface area contributed by atoms with Gasteiger partial charge in [0.05, 0.1) is 6.54 Å². The van der Waals surface area contributed by atoms with Gasteiger partial charge in [0.2, 0.25) is 5.89 Å². The Hall–Kier alpha value is -2.25. The van der Waals surface area contributed by atoms with Gasteiger partial charge in [-0.3, -0.25) is 4.79 Å². The summed E-state index contributed by atoms with van der Waals surface area (Å²) in [7, 11) is 3.32. The molecule has 0 saturated heterocycles. The van der Waals surface area contributed by atoms with E-state index in [1.165, 1.54) is 11.1 Å². The van der Waals surface area contributed by atoms with Crippen molar-refractivity contribution in [2.45, 2.75) is 32.4 Å². The average Bonchev–Trinajstić information content (AvgIpc) is 2.96. The Morgan fingerprint density at radius 2 is 2.12 bits per heavy atom. The highest BCUT2D eigenvalue weighted by Crippen LogP contribution is 2.18. The molecule has 0 radical (unpaired) electrons. The van der Waals surface area contributed by atoms with Crippen molar-refractivity contribution in [2.24, 2.45) is 0 Å². The standard InChI is InChI=1S/C18H24N4O3/c1-12(24-3)17-20-16(25-21-17)11-22(2)18(23)15-5-4-13-6-8-19-9-7-14(13)10-15/h4-5,10,12,19H,6-9,11H2,1-3H3/t12-/m0/s1. The highest BCUT2D eigenvalue weighted by Gasteiger charge is 2.19. The van der Waals surface area contributed by atoms with Gasteiger partial charge in [0.1, 0.15) is 6.10 Å². The number of rotatable bonds is 5. The summed E-state index contributed by atoms with van der Waals surface area (Å²) in [6, 6.07) is 5.97. The quantitative estimate of drug-likeness (QED) is 0.890. The van der Waals surface area contributed by atoms with Crippen LogP contribution in [0, 0.1) is 0 Å². The second-order valence-electron chi connectivity index (χ2n) is 6.32. The maximum Gasteiger partial charge on any atom is 0.254 e. The molecule has 134 valence electrons. The van der Waals surface area contributed by atoms with E-state index in [2.05, 4.69) is 21.5 Å². The minimum atomic E-state index is -0.239. The molecule has 1 aromatic heterocycles. The van der Waals surface area contributed by atoms with Gasteiger partial charge in [0.15, 0.2) is 5.82 Å². The van der Waals surface area contributed by atoms with Gasteiger partial charge >= 0.3 is 0 Å². The molecule has 3 rings (SSSR count). The zero-order valence-corrected chi connectivity index (χ0v) is 14.9. The molecule has 1 aliphatic heterocycles. The molecule has 1 N–H and O–H groups in total. The summed E-state index contributed by atoms with van der Waals surface area (Å²) >= 11 is 0. The van der Waals surface area contributed by atoms with Gasteiger partial charge in [-0.2, -0.15) is 4.98 Å². The molecule has 7 nitrogen and oxygen atoms in total. The van der Waals surface area contributed by atoms with Crippen LogP contribution in [-0.4, -0.2) is 48.2 Å². The van der Waals surface area contributed by atoms with E-state index >= 15 is 0 Å². The molecule has 1 atom stereocenters. The van der Waals surface area contributed by atoms with Crippen molar-refractivity contribution >= 4 is 5.91 Å². The van der Waals surface area contributed by atoms with E-state index in [4.69, 9.17) is 9.26 Å². The van der Waals surface area contributed by atoms with E-state index in [0.29, 0.717) is 17.3 Å². The van der Waals surface area contributed by atoms with E-state index in [1.807, 2.05) is 19.1 Å². The molecule has 0 spiro atoms. The monoisotopic (exact) mass is 344 g/mol. The second kappa shape index (κ2) is 7.76. The number of hydrogen-bond acceptors (Lipinski definition) is 6. The van der Waals surface area contributed by atoms with E-state index in [-0.39, 0.29) is 18.6 Å². The van der Waals surface area contributed by atoms with Crippen LogP contribution in [0.4, 0.5) is 0 Å². The number of aromatic nitrogens is 2. The highest BCUT2D eigenvalue weighted by atomic mass is 16.5. The van der Waals surface area contributed by atoms with Crippen LogP contribution in [-0.2, 0) is 24.1 Å². The number of carbonyl (C=O) groups excluding carboxylic acids is 1. The lowest BCUT2D eigenvalue weighted by Gasteiger charge is -2.16. The number of nitrogens with zero attached hydrogens (tertiary/aromatic N) is 3. The molecule has 0 saturated carbocycles. The lowest BCUT2D eigenvalue weighted by molar-refractivity contribution is 0.0769. The molecule has 0 aliphatic carbocycles. The van der Waals surface area contributed by atoms with Gasteiger partial charge in [-0.15, -0.1) is 0 Å². The van der Waals surface area contributed by atoms with Gasteiger partial charge in [-0.1, -0.05) is 11.2 Å². The third-order valence-electron chi connectivity index (χ3n) is 4.52. The van der Waals surface area contributed by atoms with Crippen molar-refractivity contribution in [1.29, 1.82) is 0 Å². The summed E-state index contributed by atoms with van der Waals surface area (Å²) in [6.45, 7) is 4.04. The van der Waals surface area contributed by atoms with Crippen molar-refractivity contribution < 1.29 is 14.1 Å². The maximum absolute atomic E-state index is 12.7. The molecule has 2 heterocycles.